The molecule has 1 fully saturated rings. The molecule has 4 rings (SSSR count). The number of rotatable bonds is 6. The number of aryl methyl sites for hydroxylation is 1. The van der Waals surface area contributed by atoms with E-state index in [4.69, 9.17) is 5.73 Å². The summed E-state index contributed by atoms with van der Waals surface area (Å²) in [5.41, 5.74) is 9.12. The molecule has 1 aliphatic heterocycles. The average molecular weight is 430 g/mol. The minimum absolute atomic E-state index is 0.0256. The molecule has 0 amide bonds. The summed E-state index contributed by atoms with van der Waals surface area (Å²) in [5, 5.41) is 11.7. The standard InChI is InChI=1S/C20H27N7O2S/c1-13(2)10-26-12-18(14(3)25-26)30(28,29)27-7-5-16(11-27)20-17(9-23-24-20)15-4-6-22-19(21)8-15/h4,6,8-9,12-13,16H,5,7,10-11H2,1-3H3,(H2,21,22)(H,23,24). The van der Waals surface area contributed by atoms with Gasteiger partial charge in [-0.15, -0.1) is 0 Å². The summed E-state index contributed by atoms with van der Waals surface area (Å²) in [6.45, 7) is 7.44. The molecule has 0 saturated carbocycles. The maximum atomic E-state index is 13.3. The first-order chi connectivity index (χ1) is 14.3. The topological polar surface area (TPSA) is 123 Å². The predicted molar refractivity (Wildman–Crippen MR) is 114 cm³/mol. The van der Waals surface area contributed by atoms with Crippen LogP contribution in [0.15, 0.2) is 35.6 Å². The van der Waals surface area contributed by atoms with Crippen molar-refractivity contribution in [2.24, 2.45) is 5.92 Å². The molecule has 0 spiro atoms. The first kappa shape index (κ1) is 20.5. The lowest BCUT2D eigenvalue weighted by atomic mass is 9.97. The van der Waals surface area contributed by atoms with E-state index in [9.17, 15) is 8.42 Å². The first-order valence-corrected chi connectivity index (χ1v) is 11.5. The molecule has 1 aliphatic rings. The highest BCUT2D eigenvalue weighted by Crippen LogP contribution is 2.35. The molecule has 0 aliphatic carbocycles. The Morgan fingerprint density at radius 2 is 2.17 bits per heavy atom. The summed E-state index contributed by atoms with van der Waals surface area (Å²) in [6.07, 6.45) is 5.78. The molecule has 0 radical (unpaired) electrons. The minimum Gasteiger partial charge on any atom is -0.384 e. The summed E-state index contributed by atoms with van der Waals surface area (Å²) < 4.78 is 29.9. The first-order valence-electron chi connectivity index (χ1n) is 10.0. The fourth-order valence-electron chi connectivity index (χ4n) is 3.99. The van der Waals surface area contributed by atoms with Crippen molar-refractivity contribution in [3.8, 4) is 11.1 Å². The molecule has 1 atom stereocenters. The summed E-state index contributed by atoms with van der Waals surface area (Å²) >= 11 is 0. The summed E-state index contributed by atoms with van der Waals surface area (Å²) in [6, 6.07) is 3.67. The van der Waals surface area contributed by atoms with Crippen molar-refractivity contribution in [2.45, 2.75) is 44.6 Å². The SMILES string of the molecule is Cc1nn(CC(C)C)cc1S(=O)(=O)N1CCC(c2[nH]ncc2-c2ccnc(N)c2)C1. The highest BCUT2D eigenvalue weighted by atomic mass is 32.2. The van der Waals surface area contributed by atoms with Crippen molar-refractivity contribution in [2.75, 3.05) is 18.8 Å². The van der Waals surface area contributed by atoms with Gasteiger partial charge in [-0.25, -0.2) is 13.4 Å². The van der Waals surface area contributed by atoms with E-state index in [2.05, 4.69) is 34.1 Å². The van der Waals surface area contributed by atoms with Crippen LogP contribution in [0.4, 0.5) is 5.82 Å². The zero-order chi connectivity index (χ0) is 21.5. The maximum absolute atomic E-state index is 13.3. The van der Waals surface area contributed by atoms with E-state index < -0.39 is 10.0 Å². The molecule has 0 bridgehead atoms. The monoisotopic (exact) mass is 429 g/mol. The van der Waals surface area contributed by atoms with Gasteiger partial charge < -0.3 is 5.73 Å². The second-order valence-corrected chi connectivity index (χ2v) is 10.1. The Morgan fingerprint density at radius 1 is 1.37 bits per heavy atom. The van der Waals surface area contributed by atoms with Gasteiger partial charge in [0.2, 0.25) is 10.0 Å². The van der Waals surface area contributed by atoms with Gasteiger partial charge in [0.15, 0.2) is 0 Å². The van der Waals surface area contributed by atoms with Gasteiger partial charge in [-0.1, -0.05) is 13.8 Å². The van der Waals surface area contributed by atoms with Crippen molar-refractivity contribution in [3.05, 3.63) is 42.1 Å². The molecule has 160 valence electrons. The normalized spacial score (nSPS) is 17.8. The average Bonchev–Trinajstić information content (AvgIpc) is 3.40. The number of sulfonamides is 1. The van der Waals surface area contributed by atoms with E-state index in [0.717, 1.165) is 16.8 Å². The van der Waals surface area contributed by atoms with Crippen molar-refractivity contribution >= 4 is 15.8 Å². The highest BCUT2D eigenvalue weighted by molar-refractivity contribution is 7.89. The zero-order valence-corrected chi connectivity index (χ0v) is 18.2. The van der Waals surface area contributed by atoms with Crippen LogP contribution >= 0.6 is 0 Å². The molecular formula is C20H27N7O2S. The lowest BCUT2D eigenvalue weighted by molar-refractivity contribution is 0.469. The molecular weight excluding hydrogens is 402 g/mol. The predicted octanol–water partition coefficient (Wildman–Crippen LogP) is 2.39. The number of nitrogens with one attached hydrogen (secondary N) is 1. The number of aromatic nitrogens is 5. The van der Waals surface area contributed by atoms with Crippen LogP contribution in [-0.4, -0.2) is 50.8 Å². The van der Waals surface area contributed by atoms with Crippen molar-refractivity contribution in [1.29, 1.82) is 0 Å². The summed E-state index contributed by atoms with van der Waals surface area (Å²) in [7, 11) is -3.61. The number of anilines is 1. The van der Waals surface area contributed by atoms with Gasteiger partial charge in [-0.2, -0.15) is 14.5 Å². The number of nitrogens with zero attached hydrogens (tertiary/aromatic N) is 5. The van der Waals surface area contributed by atoms with Crippen LogP contribution in [0.2, 0.25) is 0 Å². The van der Waals surface area contributed by atoms with Crippen LogP contribution < -0.4 is 5.73 Å². The third kappa shape index (κ3) is 3.84. The van der Waals surface area contributed by atoms with Gasteiger partial charge >= 0.3 is 0 Å². The number of pyridine rings is 1. The highest BCUT2D eigenvalue weighted by Gasteiger charge is 2.36. The van der Waals surface area contributed by atoms with Gasteiger partial charge in [0, 0.05) is 49.2 Å². The molecule has 1 saturated heterocycles. The molecule has 10 heteroatoms. The Balaban J connectivity index is 1.57. The van der Waals surface area contributed by atoms with Gasteiger partial charge in [0.1, 0.15) is 10.7 Å². The summed E-state index contributed by atoms with van der Waals surface area (Å²) in [5.74, 6) is 0.846. The van der Waals surface area contributed by atoms with E-state index in [1.165, 1.54) is 0 Å². The van der Waals surface area contributed by atoms with Gasteiger partial charge in [0.05, 0.1) is 11.9 Å². The smallest absolute Gasteiger partial charge is 0.246 e. The molecule has 3 aromatic rings. The number of nitrogen functional groups attached to an aromatic ring is 1. The largest absolute Gasteiger partial charge is 0.384 e. The van der Waals surface area contributed by atoms with E-state index in [0.29, 0.717) is 43.5 Å². The number of hydrogen-bond donors (Lipinski definition) is 2. The van der Waals surface area contributed by atoms with Gasteiger partial charge in [-0.3, -0.25) is 9.78 Å². The zero-order valence-electron chi connectivity index (χ0n) is 17.4. The lowest BCUT2D eigenvalue weighted by Crippen LogP contribution is -2.29. The van der Waals surface area contributed by atoms with Gasteiger partial charge in [0.25, 0.3) is 0 Å². The van der Waals surface area contributed by atoms with Gasteiger partial charge in [-0.05, 0) is 37.0 Å². The molecule has 1 unspecified atom stereocenters. The Labute approximate surface area is 176 Å². The number of H-pyrrole nitrogens is 1. The molecule has 9 nitrogen and oxygen atoms in total. The fraction of sp³-hybridized carbons (Fsp3) is 0.450. The van der Waals surface area contributed by atoms with Crippen molar-refractivity contribution in [3.63, 3.8) is 0 Å². The van der Waals surface area contributed by atoms with Crippen LogP contribution in [0, 0.1) is 12.8 Å². The van der Waals surface area contributed by atoms with Crippen LogP contribution in [0.1, 0.15) is 37.6 Å². The molecule has 3 aromatic heterocycles. The Kier molecular flexibility index (Phi) is 5.37. The van der Waals surface area contributed by atoms with Crippen LogP contribution in [0.5, 0.6) is 0 Å². The third-order valence-electron chi connectivity index (χ3n) is 5.39. The molecule has 3 N–H and O–H groups in total. The lowest BCUT2D eigenvalue weighted by Gasteiger charge is -2.16. The third-order valence-corrected chi connectivity index (χ3v) is 7.36. The van der Waals surface area contributed by atoms with E-state index in [1.54, 1.807) is 40.6 Å². The molecule has 30 heavy (non-hydrogen) atoms. The second-order valence-electron chi connectivity index (χ2n) is 8.21. The van der Waals surface area contributed by atoms with E-state index in [-0.39, 0.29) is 10.8 Å². The Bertz CT molecular complexity index is 1150. The van der Waals surface area contributed by atoms with Crippen LogP contribution in [-0.2, 0) is 16.6 Å². The van der Waals surface area contributed by atoms with Crippen LogP contribution in [0.25, 0.3) is 11.1 Å². The van der Waals surface area contributed by atoms with E-state index in [1.807, 2.05) is 6.07 Å². The minimum atomic E-state index is -3.61. The van der Waals surface area contributed by atoms with Crippen LogP contribution in [0.3, 0.4) is 0 Å². The van der Waals surface area contributed by atoms with E-state index >= 15 is 0 Å². The molecule has 4 heterocycles. The van der Waals surface area contributed by atoms with Crippen molar-refractivity contribution < 1.29 is 8.42 Å². The number of hydrogen-bond acceptors (Lipinski definition) is 6. The van der Waals surface area contributed by atoms with Crippen molar-refractivity contribution in [1.82, 2.24) is 29.3 Å². The quantitative estimate of drug-likeness (QED) is 0.620. The fourth-order valence-corrected chi connectivity index (χ4v) is 5.66. The second kappa shape index (κ2) is 7.84. The Morgan fingerprint density at radius 3 is 2.90 bits per heavy atom. The maximum Gasteiger partial charge on any atom is 0.246 e. The Hall–Kier alpha value is -2.72. The number of nitrogens with two attached hydrogens (primary N) is 1. The number of aromatic amines is 1. The molecule has 0 aromatic carbocycles. The summed E-state index contributed by atoms with van der Waals surface area (Å²) in [4.78, 5) is 4.32.